The summed E-state index contributed by atoms with van der Waals surface area (Å²) in [5, 5.41) is 3.89. The zero-order chi connectivity index (χ0) is 30.1. The summed E-state index contributed by atoms with van der Waals surface area (Å²) in [5.41, 5.74) is 1.95. The first-order valence-corrected chi connectivity index (χ1v) is 13.9. The predicted molar refractivity (Wildman–Crippen MR) is 160 cm³/mol. The van der Waals surface area contributed by atoms with Crippen molar-refractivity contribution >= 4 is 33.9 Å². The second-order valence-electron chi connectivity index (χ2n) is 11.2. The number of rotatable bonds is 6. The maximum Gasteiger partial charge on any atom is 0.408 e. The lowest BCUT2D eigenvalue weighted by molar-refractivity contribution is -0.136. The number of aromatic amines is 1. The van der Waals surface area contributed by atoms with Crippen LogP contribution in [-0.2, 0) is 16.0 Å². The van der Waals surface area contributed by atoms with Gasteiger partial charge in [0.1, 0.15) is 42.5 Å². The summed E-state index contributed by atoms with van der Waals surface area (Å²) in [6.07, 6.45) is 2.58. The normalized spacial score (nSPS) is 13.5. The van der Waals surface area contributed by atoms with Crippen molar-refractivity contribution in [3.05, 3.63) is 88.9 Å². The number of fused-ring (bicyclic) bond motifs is 3. The molecule has 5 aromatic rings. The fourth-order valence-corrected chi connectivity index (χ4v) is 4.93. The fourth-order valence-electron chi connectivity index (χ4n) is 4.93. The number of aromatic nitrogens is 1. The van der Waals surface area contributed by atoms with E-state index in [1.165, 1.54) is 18.4 Å². The standard InChI is InChI=1S/C33H30N2O8/c1-33(2,3)43-32(38)35-26(14-20-17-34-25-7-5-4-6-22(20)25)31(37)42-21-9-10-23-28(16-21)41-18-24(30(23)36)19-8-11-27-29(15-19)40-13-12-39-27/h4-11,15-18,26,34H,12-14H2,1-3H3,(H,35,38)/t26-/m0/s1. The Labute approximate surface area is 246 Å². The highest BCUT2D eigenvalue weighted by atomic mass is 16.6. The summed E-state index contributed by atoms with van der Waals surface area (Å²) < 4.78 is 28.1. The number of carbonyl (C=O) groups is 2. The van der Waals surface area contributed by atoms with E-state index >= 15 is 0 Å². The average molecular weight is 583 g/mol. The molecule has 2 N–H and O–H groups in total. The Balaban J connectivity index is 1.25. The van der Waals surface area contributed by atoms with Gasteiger partial charge in [0, 0.05) is 29.6 Å². The summed E-state index contributed by atoms with van der Waals surface area (Å²) >= 11 is 0. The fraction of sp³-hybridized carbons (Fsp3) is 0.242. The number of carbonyl (C=O) groups excluding carboxylic acids is 2. The van der Waals surface area contributed by atoms with Crippen LogP contribution in [0.3, 0.4) is 0 Å². The second-order valence-corrected chi connectivity index (χ2v) is 11.2. The highest BCUT2D eigenvalue weighted by Gasteiger charge is 2.27. The van der Waals surface area contributed by atoms with Crippen molar-refractivity contribution in [1.82, 2.24) is 10.3 Å². The molecule has 0 saturated heterocycles. The first-order valence-electron chi connectivity index (χ1n) is 13.9. The first kappa shape index (κ1) is 27.9. The van der Waals surface area contributed by atoms with E-state index in [0.717, 1.165) is 16.5 Å². The van der Waals surface area contributed by atoms with Crippen LogP contribution in [0.4, 0.5) is 4.79 Å². The van der Waals surface area contributed by atoms with Gasteiger partial charge in [-0.15, -0.1) is 0 Å². The molecule has 3 heterocycles. The highest BCUT2D eigenvalue weighted by Crippen LogP contribution is 2.34. The number of para-hydroxylation sites is 1. The van der Waals surface area contributed by atoms with Crippen LogP contribution in [0.1, 0.15) is 26.3 Å². The van der Waals surface area contributed by atoms with Crippen molar-refractivity contribution < 1.29 is 33.0 Å². The molecule has 6 rings (SSSR count). The Kier molecular flexibility index (Phi) is 7.27. The molecule has 0 radical (unpaired) electrons. The molecule has 0 bridgehead atoms. The quantitative estimate of drug-likeness (QED) is 0.191. The summed E-state index contributed by atoms with van der Waals surface area (Å²) in [5.74, 6) is 0.636. The summed E-state index contributed by atoms with van der Waals surface area (Å²) in [7, 11) is 0. The van der Waals surface area contributed by atoms with Crippen molar-refractivity contribution in [3.8, 4) is 28.4 Å². The minimum Gasteiger partial charge on any atom is -0.486 e. The Bertz CT molecular complexity index is 1900. The van der Waals surface area contributed by atoms with Gasteiger partial charge < -0.3 is 33.7 Å². The molecule has 43 heavy (non-hydrogen) atoms. The van der Waals surface area contributed by atoms with Gasteiger partial charge >= 0.3 is 12.1 Å². The number of alkyl carbamates (subject to hydrolysis) is 1. The van der Waals surface area contributed by atoms with Gasteiger partial charge in [0.05, 0.1) is 10.9 Å². The van der Waals surface area contributed by atoms with E-state index in [1.807, 2.05) is 24.3 Å². The van der Waals surface area contributed by atoms with E-state index in [1.54, 1.807) is 51.2 Å². The van der Waals surface area contributed by atoms with E-state index in [-0.39, 0.29) is 23.2 Å². The summed E-state index contributed by atoms with van der Waals surface area (Å²) in [4.78, 5) is 42.6. The molecule has 10 nitrogen and oxygen atoms in total. The second kappa shape index (κ2) is 11.2. The van der Waals surface area contributed by atoms with Gasteiger partial charge in [-0.05, 0) is 62.2 Å². The average Bonchev–Trinajstić information content (AvgIpc) is 3.38. The molecule has 3 aromatic carbocycles. The number of ether oxygens (including phenoxy) is 4. The highest BCUT2D eigenvalue weighted by molar-refractivity contribution is 5.88. The molecule has 0 unspecified atom stereocenters. The van der Waals surface area contributed by atoms with E-state index in [9.17, 15) is 14.4 Å². The molecule has 1 atom stereocenters. The molecule has 220 valence electrons. The number of benzene rings is 3. The van der Waals surface area contributed by atoms with Crippen LogP contribution >= 0.6 is 0 Å². The zero-order valence-electron chi connectivity index (χ0n) is 23.9. The lowest BCUT2D eigenvalue weighted by Gasteiger charge is -2.23. The van der Waals surface area contributed by atoms with Crippen molar-refractivity contribution in [2.45, 2.75) is 38.8 Å². The number of amides is 1. The van der Waals surface area contributed by atoms with Crippen LogP contribution in [-0.4, -0.2) is 41.9 Å². The monoisotopic (exact) mass is 582 g/mol. The Morgan fingerprint density at radius 3 is 2.58 bits per heavy atom. The molecular weight excluding hydrogens is 552 g/mol. The van der Waals surface area contributed by atoms with Crippen molar-refractivity contribution in [2.75, 3.05) is 13.2 Å². The smallest absolute Gasteiger partial charge is 0.408 e. The van der Waals surface area contributed by atoms with Crippen LogP contribution in [0.2, 0.25) is 0 Å². The largest absolute Gasteiger partial charge is 0.486 e. The van der Waals surface area contributed by atoms with Gasteiger partial charge in [0.25, 0.3) is 0 Å². The first-order chi connectivity index (χ1) is 20.6. The molecule has 0 spiro atoms. The molecule has 0 saturated carbocycles. The number of esters is 1. The van der Waals surface area contributed by atoms with E-state index in [0.29, 0.717) is 41.2 Å². The van der Waals surface area contributed by atoms with E-state index in [4.69, 9.17) is 23.4 Å². The lowest BCUT2D eigenvalue weighted by atomic mass is 10.0. The summed E-state index contributed by atoms with van der Waals surface area (Å²) in [6.45, 7) is 6.11. The van der Waals surface area contributed by atoms with E-state index < -0.39 is 23.7 Å². The number of H-pyrrole nitrogens is 1. The molecule has 0 fully saturated rings. The number of nitrogens with one attached hydrogen (secondary N) is 2. The van der Waals surface area contributed by atoms with Gasteiger partial charge in [-0.2, -0.15) is 0 Å². The third-order valence-corrected chi connectivity index (χ3v) is 6.89. The number of hydrogen-bond donors (Lipinski definition) is 2. The van der Waals surface area contributed by atoms with Gasteiger partial charge in [-0.3, -0.25) is 4.79 Å². The van der Waals surface area contributed by atoms with Crippen LogP contribution in [0.15, 0.2) is 82.3 Å². The molecule has 1 aliphatic rings. The van der Waals surface area contributed by atoms with Gasteiger partial charge in [-0.25, -0.2) is 9.59 Å². The van der Waals surface area contributed by atoms with Crippen LogP contribution < -0.4 is 25.0 Å². The predicted octanol–water partition coefficient (Wildman–Crippen LogP) is 5.75. The minimum atomic E-state index is -1.06. The third-order valence-electron chi connectivity index (χ3n) is 6.89. The van der Waals surface area contributed by atoms with Crippen LogP contribution in [0, 0.1) is 0 Å². The summed E-state index contributed by atoms with van der Waals surface area (Å²) in [6, 6.07) is 16.4. The molecule has 1 amide bonds. The Morgan fingerprint density at radius 2 is 1.77 bits per heavy atom. The lowest BCUT2D eigenvalue weighted by Crippen LogP contribution is -2.46. The molecule has 2 aromatic heterocycles. The van der Waals surface area contributed by atoms with E-state index in [2.05, 4.69) is 10.3 Å². The minimum absolute atomic E-state index is 0.155. The van der Waals surface area contributed by atoms with Crippen molar-refractivity contribution in [2.24, 2.45) is 0 Å². The van der Waals surface area contributed by atoms with Gasteiger partial charge in [0.2, 0.25) is 0 Å². The molecule has 1 aliphatic heterocycles. The maximum absolute atomic E-state index is 13.4. The van der Waals surface area contributed by atoms with Gasteiger partial charge in [-0.1, -0.05) is 24.3 Å². The number of hydrogen-bond acceptors (Lipinski definition) is 8. The van der Waals surface area contributed by atoms with Gasteiger partial charge in [0.15, 0.2) is 16.9 Å². The van der Waals surface area contributed by atoms with Crippen molar-refractivity contribution in [1.29, 1.82) is 0 Å². The Hall–Kier alpha value is -5.25. The maximum atomic E-state index is 13.4. The molecule has 0 aliphatic carbocycles. The molecular formula is C33H30N2O8. The third kappa shape index (κ3) is 6.04. The van der Waals surface area contributed by atoms with Crippen molar-refractivity contribution in [3.63, 3.8) is 0 Å². The van der Waals surface area contributed by atoms with Crippen LogP contribution in [0.25, 0.3) is 33.0 Å². The zero-order valence-corrected chi connectivity index (χ0v) is 23.9. The Morgan fingerprint density at radius 1 is 0.977 bits per heavy atom. The topological polar surface area (TPSA) is 129 Å². The SMILES string of the molecule is CC(C)(C)OC(=O)N[C@@H](Cc1c[nH]c2ccccc12)C(=O)Oc1ccc2c(=O)c(-c3ccc4c(c3)OCCO4)coc2c1. The van der Waals surface area contributed by atoms with Crippen LogP contribution in [0.5, 0.6) is 17.2 Å². The molecule has 10 heteroatoms.